The van der Waals surface area contributed by atoms with E-state index in [1.807, 2.05) is 13.8 Å². The average molecular weight is 317 g/mol. The van der Waals surface area contributed by atoms with E-state index in [9.17, 15) is 14.4 Å². The molecule has 0 saturated carbocycles. The van der Waals surface area contributed by atoms with Crippen LogP contribution >= 0.6 is 0 Å². The lowest BCUT2D eigenvalue weighted by Crippen LogP contribution is -2.28. The number of benzene rings is 1. The number of carbonyl (C=O) groups is 2. The van der Waals surface area contributed by atoms with E-state index in [1.54, 1.807) is 24.3 Å². The number of nitrogens with two attached hydrogens (primary N) is 1. The van der Waals surface area contributed by atoms with Crippen LogP contribution in [0.1, 0.15) is 30.8 Å². The summed E-state index contributed by atoms with van der Waals surface area (Å²) in [6, 6.07) is 6.68. The fourth-order valence-electron chi connectivity index (χ4n) is 2.12. The quantitative estimate of drug-likeness (QED) is 0.803. The predicted molar refractivity (Wildman–Crippen MR) is 84.9 cm³/mol. The number of ether oxygens (including phenoxy) is 1. The molecule has 1 aromatic carbocycles. The first-order chi connectivity index (χ1) is 10.9. The second kappa shape index (κ2) is 7.04. The van der Waals surface area contributed by atoms with Gasteiger partial charge in [0.1, 0.15) is 0 Å². The summed E-state index contributed by atoms with van der Waals surface area (Å²) in [5, 5.41) is 4.91. The van der Waals surface area contributed by atoms with Crippen LogP contribution in [-0.4, -0.2) is 28.3 Å². The van der Waals surface area contributed by atoms with Crippen LogP contribution < -0.4 is 11.3 Å². The molecule has 23 heavy (non-hydrogen) atoms. The molecule has 0 bridgehead atoms. The van der Waals surface area contributed by atoms with Crippen LogP contribution in [-0.2, 0) is 16.1 Å². The molecular formula is C16H19N3O4. The third-order valence-electron chi connectivity index (χ3n) is 3.32. The maximum absolute atomic E-state index is 12.5. The highest BCUT2D eigenvalue weighted by Gasteiger charge is 2.18. The molecular weight excluding hydrogens is 298 g/mol. The second-order valence-electron chi connectivity index (χ2n) is 5.65. The van der Waals surface area contributed by atoms with Crippen LogP contribution in [0.15, 0.2) is 29.1 Å². The maximum Gasteiger partial charge on any atom is 0.359 e. The summed E-state index contributed by atoms with van der Waals surface area (Å²) < 4.78 is 6.09. The van der Waals surface area contributed by atoms with Gasteiger partial charge in [0.05, 0.1) is 5.39 Å². The molecule has 122 valence electrons. The Morgan fingerprint density at radius 1 is 1.26 bits per heavy atom. The maximum atomic E-state index is 12.5. The highest BCUT2D eigenvalue weighted by molar-refractivity contribution is 6.02. The van der Waals surface area contributed by atoms with Crippen LogP contribution in [0, 0.1) is 5.92 Å². The van der Waals surface area contributed by atoms with E-state index in [-0.39, 0.29) is 11.3 Å². The summed E-state index contributed by atoms with van der Waals surface area (Å²) in [7, 11) is 0. The highest BCUT2D eigenvalue weighted by Crippen LogP contribution is 2.14. The minimum Gasteiger partial charge on any atom is -0.451 e. The fourth-order valence-corrected chi connectivity index (χ4v) is 2.12. The molecule has 2 N–H and O–H groups in total. The first-order valence-corrected chi connectivity index (χ1v) is 7.35. The lowest BCUT2D eigenvalue weighted by atomic mass is 10.1. The Bertz CT molecular complexity index is 796. The van der Waals surface area contributed by atoms with E-state index in [2.05, 4.69) is 5.10 Å². The van der Waals surface area contributed by atoms with E-state index < -0.39 is 18.5 Å². The third kappa shape index (κ3) is 3.94. The van der Waals surface area contributed by atoms with Gasteiger partial charge in [-0.05, 0) is 18.4 Å². The van der Waals surface area contributed by atoms with E-state index in [1.165, 1.54) is 4.68 Å². The molecule has 0 unspecified atom stereocenters. The molecule has 0 fully saturated rings. The Kier molecular flexibility index (Phi) is 5.10. The summed E-state index contributed by atoms with van der Waals surface area (Å²) in [5.74, 6) is -1.14. The van der Waals surface area contributed by atoms with Crippen molar-refractivity contribution in [3.05, 3.63) is 40.3 Å². The fraction of sp³-hybridized carbons (Fsp3) is 0.375. The zero-order chi connectivity index (χ0) is 17.0. The highest BCUT2D eigenvalue weighted by atomic mass is 16.5. The minimum atomic E-state index is -0.779. The molecule has 0 radical (unpaired) electrons. The number of rotatable bonds is 6. The topological polar surface area (TPSA) is 104 Å². The van der Waals surface area contributed by atoms with Crippen molar-refractivity contribution in [3.8, 4) is 0 Å². The van der Waals surface area contributed by atoms with Crippen molar-refractivity contribution in [2.75, 3.05) is 6.61 Å². The number of esters is 1. The van der Waals surface area contributed by atoms with Gasteiger partial charge in [-0.1, -0.05) is 32.0 Å². The van der Waals surface area contributed by atoms with Crippen molar-refractivity contribution < 1.29 is 14.3 Å². The lowest BCUT2D eigenvalue weighted by molar-refractivity contribution is -0.121. The molecule has 7 heteroatoms. The number of aryl methyl sites for hydroxylation is 1. The van der Waals surface area contributed by atoms with E-state index >= 15 is 0 Å². The normalized spacial score (nSPS) is 10.9. The number of primary amides is 1. The number of hydrogen-bond donors (Lipinski definition) is 1. The molecule has 0 atom stereocenters. The molecule has 1 amide bonds. The van der Waals surface area contributed by atoms with Gasteiger partial charge in [0.15, 0.2) is 12.3 Å². The predicted octanol–water partition coefficient (Wildman–Crippen LogP) is 1.08. The Morgan fingerprint density at radius 3 is 2.52 bits per heavy atom. The summed E-state index contributed by atoms with van der Waals surface area (Å²) in [5.41, 5.74) is 4.72. The molecule has 0 spiro atoms. The van der Waals surface area contributed by atoms with Gasteiger partial charge in [0.25, 0.3) is 11.5 Å². The third-order valence-corrected chi connectivity index (χ3v) is 3.32. The average Bonchev–Trinajstić information content (AvgIpc) is 2.52. The van der Waals surface area contributed by atoms with E-state index in [0.29, 0.717) is 23.2 Å². The van der Waals surface area contributed by atoms with Gasteiger partial charge in [-0.15, -0.1) is 0 Å². The van der Waals surface area contributed by atoms with Crippen molar-refractivity contribution in [2.45, 2.75) is 26.8 Å². The standard InChI is InChI=1S/C16H19N3O4/c1-10(2)7-8-19-15(21)12-6-4-3-5-11(12)14(18-19)16(22)23-9-13(17)20/h3-6,10H,7-9H2,1-2H3,(H2,17,20). The molecule has 0 aliphatic rings. The number of hydrogen-bond acceptors (Lipinski definition) is 5. The molecule has 2 aromatic rings. The first-order valence-electron chi connectivity index (χ1n) is 7.35. The van der Waals surface area contributed by atoms with Gasteiger partial charge in [-0.3, -0.25) is 9.59 Å². The number of amides is 1. The van der Waals surface area contributed by atoms with E-state index in [4.69, 9.17) is 10.5 Å². The largest absolute Gasteiger partial charge is 0.451 e. The van der Waals surface area contributed by atoms with Crippen LogP contribution in [0.25, 0.3) is 10.8 Å². The molecule has 1 heterocycles. The van der Waals surface area contributed by atoms with Gasteiger partial charge < -0.3 is 10.5 Å². The molecule has 0 aliphatic heterocycles. The van der Waals surface area contributed by atoms with E-state index in [0.717, 1.165) is 6.42 Å². The Balaban J connectivity index is 2.49. The van der Waals surface area contributed by atoms with Crippen molar-refractivity contribution in [3.63, 3.8) is 0 Å². The molecule has 0 saturated heterocycles. The van der Waals surface area contributed by atoms with Crippen LogP contribution in [0.5, 0.6) is 0 Å². The minimum absolute atomic E-state index is 0.00482. The molecule has 1 aromatic heterocycles. The van der Waals surface area contributed by atoms with Gasteiger partial charge in [0, 0.05) is 11.9 Å². The van der Waals surface area contributed by atoms with Crippen LogP contribution in [0.2, 0.25) is 0 Å². The van der Waals surface area contributed by atoms with Crippen LogP contribution in [0.3, 0.4) is 0 Å². The molecule has 7 nitrogen and oxygen atoms in total. The number of aromatic nitrogens is 2. The summed E-state index contributed by atoms with van der Waals surface area (Å²) in [6.45, 7) is 3.94. The summed E-state index contributed by atoms with van der Waals surface area (Å²) >= 11 is 0. The molecule has 0 aliphatic carbocycles. The van der Waals surface area contributed by atoms with Crippen molar-refractivity contribution in [1.29, 1.82) is 0 Å². The van der Waals surface area contributed by atoms with Gasteiger partial charge in [-0.2, -0.15) is 5.10 Å². The summed E-state index contributed by atoms with van der Waals surface area (Å²) in [4.78, 5) is 35.4. The second-order valence-corrected chi connectivity index (χ2v) is 5.65. The zero-order valence-electron chi connectivity index (χ0n) is 13.1. The Morgan fingerprint density at radius 2 is 1.91 bits per heavy atom. The number of carbonyl (C=O) groups excluding carboxylic acids is 2. The zero-order valence-corrected chi connectivity index (χ0v) is 13.1. The Hall–Kier alpha value is -2.70. The monoisotopic (exact) mass is 317 g/mol. The van der Waals surface area contributed by atoms with Crippen LogP contribution in [0.4, 0.5) is 0 Å². The SMILES string of the molecule is CC(C)CCn1nc(C(=O)OCC(N)=O)c2ccccc2c1=O. The van der Waals surface area contributed by atoms with Gasteiger partial charge in [-0.25, -0.2) is 9.48 Å². The lowest BCUT2D eigenvalue weighted by Gasteiger charge is -2.11. The van der Waals surface area contributed by atoms with Gasteiger partial charge >= 0.3 is 5.97 Å². The van der Waals surface area contributed by atoms with Crippen molar-refractivity contribution in [1.82, 2.24) is 9.78 Å². The smallest absolute Gasteiger partial charge is 0.359 e. The Labute approximate surface area is 133 Å². The van der Waals surface area contributed by atoms with Gasteiger partial charge in [0.2, 0.25) is 0 Å². The molecule has 2 rings (SSSR count). The first kappa shape index (κ1) is 16.7. The summed E-state index contributed by atoms with van der Waals surface area (Å²) in [6.07, 6.45) is 0.751. The number of nitrogens with zero attached hydrogens (tertiary/aromatic N) is 2. The van der Waals surface area contributed by atoms with Crippen molar-refractivity contribution in [2.24, 2.45) is 11.7 Å². The number of fused-ring (bicyclic) bond motifs is 1. The van der Waals surface area contributed by atoms with Crippen molar-refractivity contribution >= 4 is 22.6 Å².